The Bertz CT molecular complexity index is 2350. The first-order chi connectivity index (χ1) is 24.9. The van der Waals surface area contributed by atoms with E-state index in [1.165, 1.54) is 0 Å². The lowest BCUT2D eigenvalue weighted by Crippen LogP contribution is -2.31. The summed E-state index contributed by atoms with van der Waals surface area (Å²) in [5.41, 5.74) is 10.7. The minimum absolute atomic E-state index is 0.0140. The number of rotatable bonds is 3. The van der Waals surface area contributed by atoms with Gasteiger partial charge in [-0.25, -0.2) is 19.9 Å². The topological polar surface area (TPSA) is 141 Å². The number of nitrogens with one attached hydrogen (secondary N) is 4. The van der Waals surface area contributed by atoms with Crippen molar-refractivity contribution in [3.63, 3.8) is 0 Å². The summed E-state index contributed by atoms with van der Waals surface area (Å²) in [7, 11) is 0. The minimum atomic E-state index is -0.575. The molecule has 276 valence electrons. The molecule has 2 aliphatic rings. The summed E-state index contributed by atoms with van der Waals surface area (Å²) in [6.07, 6.45) is 1.58. The third-order valence-corrected chi connectivity index (χ3v) is 9.42. The number of carbonyl (C=O) groups excluding carboxylic acids is 2. The Morgan fingerprint density at radius 3 is 1.58 bits per heavy atom. The van der Waals surface area contributed by atoms with Gasteiger partial charge in [0.05, 0.1) is 39.1 Å². The summed E-state index contributed by atoms with van der Waals surface area (Å²) in [6.45, 7) is 17.6. The number of aromatic nitrogens is 6. The van der Waals surface area contributed by atoms with Crippen LogP contribution < -0.4 is 10.6 Å². The van der Waals surface area contributed by atoms with Crippen molar-refractivity contribution >= 4 is 58.3 Å². The quantitative estimate of drug-likeness (QED) is 0.0907. The van der Waals surface area contributed by atoms with Gasteiger partial charge in [0.1, 0.15) is 10.5 Å². The van der Waals surface area contributed by atoms with E-state index in [2.05, 4.69) is 84.7 Å². The summed E-state index contributed by atoms with van der Waals surface area (Å²) in [5.74, 6) is -0.675. The maximum absolute atomic E-state index is 13.8. The first-order valence-corrected chi connectivity index (χ1v) is 18.8. The molecular weight excluding hydrogens is 708 g/mol. The average molecular weight is 753 g/mol. The Balaban J connectivity index is 0.000000163. The van der Waals surface area contributed by atoms with E-state index in [0.29, 0.717) is 29.7 Å². The fraction of sp³-hybridized carbons (Fsp3) is 0.350. The molecule has 0 atom stereocenters. The van der Waals surface area contributed by atoms with E-state index < -0.39 is 5.95 Å². The lowest BCUT2D eigenvalue weighted by Gasteiger charge is -2.18. The van der Waals surface area contributed by atoms with Gasteiger partial charge in [0, 0.05) is 69.3 Å². The molecule has 0 bridgehead atoms. The van der Waals surface area contributed by atoms with Crippen LogP contribution in [0.3, 0.4) is 0 Å². The highest BCUT2D eigenvalue weighted by atomic mass is 32.2. The van der Waals surface area contributed by atoms with Crippen LogP contribution >= 0.6 is 24.4 Å². The Morgan fingerprint density at radius 2 is 1.13 bits per heavy atom. The Labute approximate surface area is 318 Å². The zero-order valence-electron chi connectivity index (χ0n) is 31.3. The Hall–Kier alpha value is -4.75. The first kappa shape index (κ1) is 38.0. The van der Waals surface area contributed by atoms with E-state index in [0.717, 1.165) is 74.1 Å². The first-order valence-electron chi connectivity index (χ1n) is 17.6. The summed E-state index contributed by atoms with van der Waals surface area (Å²) in [4.78, 5) is 48.6. The highest BCUT2D eigenvalue weighted by Crippen LogP contribution is 2.36. The van der Waals surface area contributed by atoms with Gasteiger partial charge >= 0.3 is 0 Å². The number of thioether (sulfide) groups is 1. The molecule has 4 aromatic heterocycles. The highest BCUT2D eigenvalue weighted by molar-refractivity contribution is 8.00. The van der Waals surface area contributed by atoms with Gasteiger partial charge in [-0.1, -0.05) is 77.6 Å². The zero-order chi connectivity index (χ0) is 38.2. The largest absolute Gasteiger partial charge is 0.358 e. The van der Waals surface area contributed by atoms with Crippen LogP contribution in [0.5, 0.6) is 0 Å². The fourth-order valence-corrected chi connectivity index (χ4v) is 6.90. The van der Waals surface area contributed by atoms with Crippen molar-refractivity contribution in [2.45, 2.75) is 82.8 Å². The molecule has 0 spiro atoms. The molecule has 0 fully saturated rings. The van der Waals surface area contributed by atoms with Crippen LogP contribution in [-0.4, -0.2) is 64.3 Å². The lowest BCUT2D eigenvalue weighted by atomic mass is 10.1. The summed E-state index contributed by atoms with van der Waals surface area (Å²) < 4.78 is 14.0. The average Bonchev–Trinajstić information content (AvgIpc) is 3.71. The van der Waals surface area contributed by atoms with Gasteiger partial charge < -0.3 is 20.6 Å². The number of aryl methyl sites for hydroxylation is 2. The minimum Gasteiger partial charge on any atom is -0.358 e. The van der Waals surface area contributed by atoms with Gasteiger partial charge in [0.25, 0.3) is 11.8 Å². The smallest absolute Gasteiger partial charge is 0.253 e. The van der Waals surface area contributed by atoms with Crippen molar-refractivity contribution in [3.05, 3.63) is 88.4 Å². The predicted octanol–water partition coefficient (Wildman–Crippen LogP) is 8.18. The molecule has 6 heterocycles. The molecule has 10 nitrogen and oxygen atoms in total. The standard InChI is InChI=1S/C20H22N4OS.C16H13FN4O.C4H10S/c1-11-19(26-20(2,3)4)24-17-12(6-5-7-15(17)22-11)16-10-13-14(23-16)8-9-21-18(13)25;1-8-15(17)21-14-9(3-2-4-12(14)19-8)13-7-10-11(20-13)5-6-18-16(10)22;1-4(2,3)5/h5-7,10,23H,8-9H2,1-4H3,(H,21,25);2-4,7,20H,5-6H2,1H3,(H,18,22);5H,1-3H3. The lowest BCUT2D eigenvalue weighted by molar-refractivity contribution is 0.0937. The van der Waals surface area contributed by atoms with E-state index in [4.69, 9.17) is 9.97 Å². The van der Waals surface area contributed by atoms with E-state index in [1.54, 1.807) is 30.8 Å². The Kier molecular flexibility index (Phi) is 10.7. The number of thiol groups is 1. The fourth-order valence-electron chi connectivity index (χ4n) is 5.99. The normalized spacial score (nSPS) is 14.0. The van der Waals surface area contributed by atoms with Crippen molar-refractivity contribution < 1.29 is 14.0 Å². The molecule has 4 N–H and O–H groups in total. The van der Waals surface area contributed by atoms with Gasteiger partial charge in [-0.15, -0.1) is 0 Å². The second-order valence-corrected chi connectivity index (χ2v) is 18.3. The van der Waals surface area contributed by atoms with Crippen LogP contribution in [0.15, 0.2) is 53.6 Å². The number of hydrogen-bond donors (Lipinski definition) is 5. The van der Waals surface area contributed by atoms with Gasteiger partial charge in [-0.3, -0.25) is 9.59 Å². The number of amides is 2. The number of carbonyl (C=O) groups is 2. The molecule has 8 rings (SSSR count). The molecule has 53 heavy (non-hydrogen) atoms. The summed E-state index contributed by atoms with van der Waals surface area (Å²) in [6, 6.07) is 15.2. The van der Waals surface area contributed by atoms with Crippen molar-refractivity contribution in [2.24, 2.45) is 0 Å². The maximum atomic E-state index is 13.8. The van der Waals surface area contributed by atoms with Gasteiger partial charge in [-0.05, 0) is 38.1 Å². The summed E-state index contributed by atoms with van der Waals surface area (Å²) >= 11 is 5.85. The van der Waals surface area contributed by atoms with Crippen molar-refractivity contribution in [3.8, 4) is 22.5 Å². The number of H-pyrrole nitrogens is 2. The molecular formula is C40H45FN8O2S2. The van der Waals surface area contributed by atoms with E-state index in [-0.39, 0.29) is 27.0 Å². The second-order valence-electron chi connectivity index (χ2n) is 15.1. The second kappa shape index (κ2) is 14.9. The predicted molar refractivity (Wildman–Crippen MR) is 215 cm³/mol. The molecule has 6 aromatic rings. The van der Waals surface area contributed by atoms with Crippen LogP contribution in [0, 0.1) is 19.8 Å². The maximum Gasteiger partial charge on any atom is 0.253 e. The molecule has 0 saturated heterocycles. The summed E-state index contributed by atoms with van der Waals surface area (Å²) in [5, 5.41) is 6.65. The van der Waals surface area contributed by atoms with E-state index in [1.807, 2.05) is 43.3 Å². The van der Waals surface area contributed by atoms with E-state index >= 15 is 0 Å². The Morgan fingerprint density at radius 1 is 0.679 bits per heavy atom. The highest BCUT2D eigenvalue weighted by Gasteiger charge is 2.23. The monoisotopic (exact) mass is 752 g/mol. The molecule has 0 unspecified atom stereocenters. The van der Waals surface area contributed by atoms with Gasteiger partial charge in [-0.2, -0.15) is 17.0 Å². The van der Waals surface area contributed by atoms with Crippen LogP contribution in [0.4, 0.5) is 4.39 Å². The number of hydrogen-bond acceptors (Lipinski definition) is 8. The number of para-hydroxylation sites is 2. The van der Waals surface area contributed by atoms with Crippen LogP contribution in [-0.2, 0) is 12.8 Å². The molecule has 2 amide bonds. The van der Waals surface area contributed by atoms with Crippen molar-refractivity contribution in [1.29, 1.82) is 0 Å². The van der Waals surface area contributed by atoms with Crippen molar-refractivity contribution in [2.75, 3.05) is 13.1 Å². The van der Waals surface area contributed by atoms with Crippen LogP contribution in [0.2, 0.25) is 0 Å². The third kappa shape index (κ3) is 8.90. The number of nitrogens with zero attached hydrogens (tertiary/aromatic N) is 4. The number of aromatic amines is 2. The molecule has 0 radical (unpaired) electrons. The number of benzene rings is 2. The van der Waals surface area contributed by atoms with Gasteiger partial charge in [0.15, 0.2) is 0 Å². The third-order valence-electron chi connectivity index (χ3n) is 8.23. The van der Waals surface area contributed by atoms with Crippen molar-refractivity contribution in [1.82, 2.24) is 40.5 Å². The number of fused-ring (bicyclic) bond motifs is 4. The number of halogens is 1. The van der Waals surface area contributed by atoms with Crippen LogP contribution in [0.1, 0.15) is 85.0 Å². The van der Waals surface area contributed by atoms with Crippen LogP contribution in [0.25, 0.3) is 44.6 Å². The molecule has 2 aliphatic heterocycles. The molecule has 0 aliphatic carbocycles. The molecule has 0 saturated carbocycles. The molecule has 13 heteroatoms. The van der Waals surface area contributed by atoms with Gasteiger partial charge in [0.2, 0.25) is 5.95 Å². The molecule has 2 aromatic carbocycles. The zero-order valence-corrected chi connectivity index (χ0v) is 33.0. The SMILES string of the molecule is CC(C)(C)S.Cc1nc2cccc(-c3cc4c([nH]3)CCNC4=O)c2nc1F.Cc1nc2cccc(-c3cc4c([nH]3)CCNC4=O)c2nc1SC(C)(C)C. The van der Waals surface area contributed by atoms with E-state index in [9.17, 15) is 14.0 Å².